The summed E-state index contributed by atoms with van der Waals surface area (Å²) in [5, 5.41) is 13.0. The van der Waals surface area contributed by atoms with Gasteiger partial charge in [0.2, 0.25) is 5.89 Å². The molecule has 0 unspecified atom stereocenters. The molecule has 120 valence electrons. The summed E-state index contributed by atoms with van der Waals surface area (Å²) < 4.78 is 10.5. The van der Waals surface area contributed by atoms with Crippen molar-refractivity contribution in [3.8, 4) is 6.07 Å². The number of rotatable bonds is 5. The van der Waals surface area contributed by atoms with Gasteiger partial charge in [-0.05, 0) is 37.1 Å². The number of benzene rings is 1. The molecule has 1 aromatic heterocycles. The first-order valence-corrected chi connectivity index (χ1v) is 7.84. The lowest BCUT2D eigenvalue weighted by Crippen LogP contribution is -2.33. The van der Waals surface area contributed by atoms with Crippen LogP contribution < -0.4 is 0 Å². The second-order valence-electron chi connectivity index (χ2n) is 5.78. The molecule has 6 nitrogen and oxygen atoms in total. The van der Waals surface area contributed by atoms with E-state index < -0.39 is 0 Å². The van der Waals surface area contributed by atoms with E-state index >= 15 is 0 Å². The predicted octanol–water partition coefficient (Wildman–Crippen LogP) is 2.81. The Hall–Kier alpha value is -2.23. The lowest BCUT2D eigenvalue weighted by atomic mass is 10.0. The van der Waals surface area contributed by atoms with E-state index in [4.69, 9.17) is 14.5 Å². The molecule has 3 rings (SSSR count). The van der Waals surface area contributed by atoms with Crippen LogP contribution in [-0.4, -0.2) is 28.7 Å². The first-order chi connectivity index (χ1) is 11.3. The molecule has 2 aromatic rings. The van der Waals surface area contributed by atoms with Crippen LogP contribution in [-0.2, 0) is 17.9 Å². The third kappa shape index (κ3) is 3.76. The van der Waals surface area contributed by atoms with Crippen LogP contribution in [0.4, 0.5) is 0 Å². The first-order valence-electron chi connectivity index (χ1n) is 7.84. The van der Waals surface area contributed by atoms with Gasteiger partial charge in [0.05, 0.1) is 17.7 Å². The average Bonchev–Trinajstić information content (AvgIpc) is 3.04. The third-order valence-electron chi connectivity index (χ3n) is 4.10. The van der Waals surface area contributed by atoms with Crippen molar-refractivity contribution >= 4 is 0 Å². The number of hydrogen-bond acceptors (Lipinski definition) is 6. The number of piperidine rings is 1. The van der Waals surface area contributed by atoms with Crippen molar-refractivity contribution in [2.24, 2.45) is 0 Å². The SMILES string of the molecule is COCc1noc([C@H]2CCCCN2Cc2cccc(C#N)c2)n1. The van der Waals surface area contributed by atoms with Gasteiger partial charge >= 0.3 is 0 Å². The van der Waals surface area contributed by atoms with E-state index in [2.05, 4.69) is 27.2 Å². The van der Waals surface area contributed by atoms with Gasteiger partial charge in [-0.3, -0.25) is 4.90 Å². The second kappa shape index (κ2) is 7.36. The minimum Gasteiger partial charge on any atom is -0.377 e. The van der Waals surface area contributed by atoms with Crippen molar-refractivity contribution in [1.29, 1.82) is 5.26 Å². The highest BCUT2D eigenvalue weighted by Crippen LogP contribution is 2.31. The number of nitrogens with zero attached hydrogens (tertiary/aromatic N) is 4. The van der Waals surface area contributed by atoms with Crippen molar-refractivity contribution in [3.63, 3.8) is 0 Å². The Kier molecular flexibility index (Phi) is 5.01. The molecular weight excluding hydrogens is 292 g/mol. The van der Waals surface area contributed by atoms with Crippen LogP contribution in [0, 0.1) is 11.3 Å². The smallest absolute Gasteiger partial charge is 0.244 e. The summed E-state index contributed by atoms with van der Waals surface area (Å²) in [4.78, 5) is 6.80. The van der Waals surface area contributed by atoms with Crippen LogP contribution in [0.1, 0.15) is 48.1 Å². The van der Waals surface area contributed by atoms with E-state index in [1.165, 1.54) is 0 Å². The topological polar surface area (TPSA) is 75.2 Å². The highest BCUT2D eigenvalue weighted by atomic mass is 16.5. The molecule has 1 aliphatic rings. The van der Waals surface area contributed by atoms with Gasteiger partial charge in [0.25, 0.3) is 0 Å². The lowest BCUT2D eigenvalue weighted by Gasteiger charge is -2.33. The molecule has 1 aromatic carbocycles. The monoisotopic (exact) mass is 312 g/mol. The van der Waals surface area contributed by atoms with Crippen molar-refractivity contribution in [1.82, 2.24) is 15.0 Å². The molecule has 0 radical (unpaired) electrons. The predicted molar refractivity (Wildman–Crippen MR) is 83.2 cm³/mol. The fraction of sp³-hybridized carbons (Fsp3) is 0.471. The molecule has 0 aliphatic carbocycles. The standard InChI is InChI=1S/C17H20N4O2/c1-22-12-16-19-17(23-20-16)15-7-2-3-8-21(15)11-14-6-4-5-13(9-14)10-18/h4-6,9,15H,2-3,7-8,11-12H2,1H3/t15-/m1/s1. The van der Waals surface area contributed by atoms with Gasteiger partial charge in [0, 0.05) is 13.7 Å². The van der Waals surface area contributed by atoms with Crippen LogP contribution in [0.2, 0.25) is 0 Å². The van der Waals surface area contributed by atoms with Gasteiger partial charge in [0.15, 0.2) is 5.82 Å². The number of methoxy groups -OCH3 is 1. The van der Waals surface area contributed by atoms with Crippen molar-refractivity contribution in [3.05, 3.63) is 47.1 Å². The molecule has 0 N–H and O–H groups in total. The number of hydrogen-bond donors (Lipinski definition) is 0. The zero-order chi connectivity index (χ0) is 16.1. The summed E-state index contributed by atoms with van der Waals surface area (Å²) >= 11 is 0. The normalized spacial score (nSPS) is 18.7. The van der Waals surface area contributed by atoms with E-state index in [-0.39, 0.29) is 6.04 Å². The van der Waals surface area contributed by atoms with Gasteiger partial charge in [0.1, 0.15) is 6.61 Å². The highest BCUT2D eigenvalue weighted by Gasteiger charge is 2.28. The summed E-state index contributed by atoms with van der Waals surface area (Å²) in [6.07, 6.45) is 3.32. The summed E-state index contributed by atoms with van der Waals surface area (Å²) in [5.41, 5.74) is 1.82. The minimum atomic E-state index is 0.132. The van der Waals surface area contributed by atoms with Crippen LogP contribution in [0.3, 0.4) is 0 Å². The largest absolute Gasteiger partial charge is 0.377 e. The molecule has 0 saturated carbocycles. The Bertz CT molecular complexity index is 692. The summed E-state index contributed by atoms with van der Waals surface area (Å²) in [7, 11) is 1.62. The van der Waals surface area contributed by atoms with E-state index in [1.807, 2.05) is 18.2 Å². The van der Waals surface area contributed by atoms with Gasteiger partial charge in [-0.1, -0.05) is 23.7 Å². The van der Waals surface area contributed by atoms with Crippen LogP contribution in [0.5, 0.6) is 0 Å². The maximum atomic E-state index is 9.04. The summed E-state index contributed by atoms with van der Waals surface area (Å²) in [5.74, 6) is 1.24. The Morgan fingerprint density at radius 3 is 3.17 bits per heavy atom. The van der Waals surface area contributed by atoms with Crippen molar-refractivity contribution in [2.75, 3.05) is 13.7 Å². The number of nitriles is 1. The Labute approximate surface area is 135 Å². The minimum absolute atomic E-state index is 0.132. The first kappa shape index (κ1) is 15.7. The average molecular weight is 312 g/mol. The maximum Gasteiger partial charge on any atom is 0.244 e. The molecule has 1 aliphatic heterocycles. The maximum absolute atomic E-state index is 9.04. The molecule has 0 bridgehead atoms. The van der Waals surface area contributed by atoms with E-state index in [9.17, 15) is 0 Å². The quantitative estimate of drug-likeness (QED) is 0.845. The van der Waals surface area contributed by atoms with E-state index in [0.717, 1.165) is 37.9 Å². The number of likely N-dealkylation sites (tertiary alicyclic amines) is 1. The van der Waals surface area contributed by atoms with Crippen molar-refractivity contribution in [2.45, 2.75) is 38.5 Å². The Morgan fingerprint density at radius 2 is 2.35 bits per heavy atom. The molecule has 23 heavy (non-hydrogen) atoms. The molecule has 6 heteroatoms. The van der Waals surface area contributed by atoms with Crippen molar-refractivity contribution < 1.29 is 9.26 Å². The number of aromatic nitrogens is 2. The molecule has 0 spiro atoms. The molecule has 1 saturated heterocycles. The molecule has 1 fully saturated rings. The lowest BCUT2D eigenvalue weighted by molar-refractivity contribution is 0.111. The van der Waals surface area contributed by atoms with Gasteiger partial charge in [-0.25, -0.2) is 0 Å². The Morgan fingerprint density at radius 1 is 1.43 bits per heavy atom. The van der Waals surface area contributed by atoms with Crippen LogP contribution in [0.25, 0.3) is 0 Å². The van der Waals surface area contributed by atoms with Gasteiger partial charge in [-0.15, -0.1) is 0 Å². The zero-order valence-corrected chi connectivity index (χ0v) is 13.2. The summed E-state index contributed by atoms with van der Waals surface area (Å²) in [6, 6.07) is 10.1. The Balaban J connectivity index is 1.76. The molecule has 2 heterocycles. The molecule has 0 amide bonds. The second-order valence-corrected chi connectivity index (χ2v) is 5.78. The fourth-order valence-corrected chi connectivity index (χ4v) is 3.02. The van der Waals surface area contributed by atoms with Crippen LogP contribution >= 0.6 is 0 Å². The van der Waals surface area contributed by atoms with E-state index in [0.29, 0.717) is 23.9 Å². The highest BCUT2D eigenvalue weighted by molar-refractivity contribution is 5.32. The molecule has 1 atom stereocenters. The van der Waals surface area contributed by atoms with Gasteiger partial charge < -0.3 is 9.26 Å². The van der Waals surface area contributed by atoms with Crippen LogP contribution in [0.15, 0.2) is 28.8 Å². The number of ether oxygens (including phenoxy) is 1. The fourth-order valence-electron chi connectivity index (χ4n) is 3.02. The third-order valence-corrected chi connectivity index (χ3v) is 4.10. The van der Waals surface area contributed by atoms with Gasteiger partial charge in [-0.2, -0.15) is 10.2 Å². The molecular formula is C17H20N4O2. The van der Waals surface area contributed by atoms with E-state index in [1.54, 1.807) is 7.11 Å². The zero-order valence-electron chi connectivity index (χ0n) is 13.2. The summed E-state index contributed by atoms with van der Waals surface area (Å²) in [6.45, 7) is 2.13.